The summed E-state index contributed by atoms with van der Waals surface area (Å²) in [5, 5.41) is 0. The molecule has 26 heavy (non-hydrogen) atoms. The first kappa shape index (κ1) is 17.2. The monoisotopic (exact) mass is 349 g/mol. The van der Waals surface area contributed by atoms with E-state index in [1.54, 1.807) is 0 Å². The van der Waals surface area contributed by atoms with Crippen molar-refractivity contribution in [3.8, 4) is 11.1 Å². The number of carbonyl (C=O) groups is 1. The van der Waals surface area contributed by atoms with Gasteiger partial charge in [0.15, 0.2) is 0 Å². The van der Waals surface area contributed by atoms with Crippen LogP contribution in [0.25, 0.3) is 11.1 Å². The van der Waals surface area contributed by atoms with Crippen LogP contribution in [0.15, 0.2) is 42.7 Å². The molecule has 0 aliphatic carbocycles. The van der Waals surface area contributed by atoms with Gasteiger partial charge in [-0.05, 0) is 75.0 Å². The number of piperidine rings is 1. The quantitative estimate of drug-likeness (QED) is 0.847. The van der Waals surface area contributed by atoms with E-state index in [4.69, 9.17) is 0 Å². The highest BCUT2D eigenvalue weighted by atomic mass is 16.2. The molecule has 2 aliphatic heterocycles. The number of rotatable bonds is 3. The highest BCUT2D eigenvalue weighted by molar-refractivity contribution is 5.94. The van der Waals surface area contributed by atoms with Gasteiger partial charge >= 0.3 is 0 Å². The third-order valence-electron chi connectivity index (χ3n) is 5.89. The van der Waals surface area contributed by atoms with E-state index in [2.05, 4.69) is 16.8 Å². The minimum Gasteiger partial charge on any atom is -0.339 e. The molecule has 4 heteroatoms. The van der Waals surface area contributed by atoms with Crippen LogP contribution >= 0.6 is 0 Å². The van der Waals surface area contributed by atoms with Crippen molar-refractivity contribution < 1.29 is 4.79 Å². The first-order chi connectivity index (χ1) is 12.7. The second kappa shape index (κ2) is 7.58. The minimum absolute atomic E-state index is 0.166. The Hall–Kier alpha value is -2.20. The summed E-state index contributed by atoms with van der Waals surface area (Å²) < 4.78 is 0. The number of hydrogen-bond acceptors (Lipinski definition) is 3. The topological polar surface area (TPSA) is 36.4 Å². The Kier molecular flexibility index (Phi) is 5.02. The van der Waals surface area contributed by atoms with Gasteiger partial charge in [-0.1, -0.05) is 12.1 Å². The molecule has 0 unspecified atom stereocenters. The summed E-state index contributed by atoms with van der Waals surface area (Å²) in [6, 6.07) is 10.7. The van der Waals surface area contributed by atoms with Crippen molar-refractivity contribution in [2.45, 2.75) is 38.6 Å². The van der Waals surface area contributed by atoms with Crippen LogP contribution in [0.3, 0.4) is 0 Å². The van der Waals surface area contributed by atoms with Crippen LogP contribution in [0.5, 0.6) is 0 Å². The molecule has 0 N–H and O–H groups in total. The molecule has 2 saturated heterocycles. The zero-order chi connectivity index (χ0) is 17.9. The Balaban J connectivity index is 1.40. The molecule has 4 rings (SSSR count). The van der Waals surface area contributed by atoms with Crippen molar-refractivity contribution in [3.05, 3.63) is 53.9 Å². The number of pyridine rings is 1. The van der Waals surface area contributed by atoms with Crippen molar-refractivity contribution >= 4 is 5.91 Å². The van der Waals surface area contributed by atoms with E-state index in [1.165, 1.54) is 31.5 Å². The zero-order valence-electron chi connectivity index (χ0n) is 15.5. The van der Waals surface area contributed by atoms with Gasteiger partial charge in [0.05, 0.1) is 0 Å². The average Bonchev–Trinajstić information content (AvgIpc) is 3.23. The summed E-state index contributed by atoms with van der Waals surface area (Å²) in [4.78, 5) is 21.7. The summed E-state index contributed by atoms with van der Waals surface area (Å²) in [7, 11) is 0. The number of carbonyl (C=O) groups excluding carboxylic acids is 1. The summed E-state index contributed by atoms with van der Waals surface area (Å²) in [6.45, 7) is 6.33. The van der Waals surface area contributed by atoms with Crippen LogP contribution in [0.4, 0.5) is 0 Å². The molecule has 0 saturated carbocycles. The second-order valence-corrected chi connectivity index (χ2v) is 7.53. The molecule has 0 spiro atoms. The van der Waals surface area contributed by atoms with Crippen molar-refractivity contribution in [2.24, 2.45) is 0 Å². The van der Waals surface area contributed by atoms with Crippen LogP contribution in [-0.4, -0.2) is 52.9 Å². The van der Waals surface area contributed by atoms with Crippen LogP contribution in [0.1, 0.15) is 41.6 Å². The van der Waals surface area contributed by atoms with E-state index in [0.29, 0.717) is 6.04 Å². The van der Waals surface area contributed by atoms with Crippen LogP contribution in [-0.2, 0) is 0 Å². The Labute approximate surface area is 155 Å². The van der Waals surface area contributed by atoms with Crippen molar-refractivity contribution in [3.63, 3.8) is 0 Å². The van der Waals surface area contributed by atoms with Crippen molar-refractivity contribution in [2.75, 3.05) is 26.2 Å². The Morgan fingerprint density at radius 1 is 1.00 bits per heavy atom. The number of aryl methyl sites for hydroxylation is 1. The predicted octanol–water partition coefficient (Wildman–Crippen LogP) is 3.76. The van der Waals surface area contributed by atoms with E-state index in [9.17, 15) is 4.79 Å². The molecule has 1 aromatic heterocycles. The van der Waals surface area contributed by atoms with E-state index in [0.717, 1.165) is 42.6 Å². The zero-order valence-corrected chi connectivity index (χ0v) is 15.5. The lowest BCUT2D eigenvalue weighted by molar-refractivity contribution is 0.0644. The van der Waals surface area contributed by atoms with Gasteiger partial charge in [0.1, 0.15) is 0 Å². The molecule has 0 radical (unpaired) electrons. The first-order valence-electron chi connectivity index (χ1n) is 9.77. The predicted molar refractivity (Wildman–Crippen MR) is 104 cm³/mol. The summed E-state index contributed by atoms with van der Waals surface area (Å²) >= 11 is 0. The van der Waals surface area contributed by atoms with Gasteiger partial charge in [0, 0.05) is 42.7 Å². The van der Waals surface area contributed by atoms with Gasteiger partial charge in [-0.15, -0.1) is 0 Å². The smallest absolute Gasteiger partial charge is 0.253 e. The molecule has 0 atom stereocenters. The fourth-order valence-corrected chi connectivity index (χ4v) is 4.28. The maximum atomic E-state index is 12.8. The molecule has 3 heterocycles. The van der Waals surface area contributed by atoms with E-state index < -0.39 is 0 Å². The highest BCUT2D eigenvalue weighted by Crippen LogP contribution is 2.25. The van der Waals surface area contributed by atoms with E-state index in [-0.39, 0.29) is 5.91 Å². The normalized spacial score (nSPS) is 19.0. The number of likely N-dealkylation sites (tertiary alicyclic amines) is 2. The van der Waals surface area contributed by atoms with Gasteiger partial charge in [-0.2, -0.15) is 0 Å². The molecular formula is C22H27N3O. The number of nitrogens with zero attached hydrogens (tertiary/aromatic N) is 3. The SMILES string of the molecule is Cc1ccncc1-c1ccc(C(=O)N2CCC(N3CCCC3)CC2)cc1. The van der Waals surface area contributed by atoms with Gasteiger partial charge in [0.2, 0.25) is 0 Å². The van der Waals surface area contributed by atoms with Crippen LogP contribution in [0.2, 0.25) is 0 Å². The first-order valence-corrected chi connectivity index (χ1v) is 9.77. The molecular weight excluding hydrogens is 322 g/mol. The third kappa shape index (κ3) is 3.51. The maximum Gasteiger partial charge on any atom is 0.253 e. The standard InChI is InChI=1S/C22H27N3O/c1-17-8-11-23-16-21(17)18-4-6-19(7-5-18)22(26)25-14-9-20(10-15-25)24-12-2-3-13-24/h4-8,11,16,20H,2-3,9-10,12-15H2,1H3. The van der Waals surface area contributed by atoms with Crippen LogP contribution in [0, 0.1) is 6.92 Å². The van der Waals surface area contributed by atoms with Gasteiger partial charge in [-0.25, -0.2) is 0 Å². The fourth-order valence-electron chi connectivity index (χ4n) is 4.28. The summed E-state index contributed by atoms with van der Waals surface area (Å²) in [5.74, 6) is 0.166. The molecule has 1 aromatic carbocycles. The van der Waals surface area contributed by atoms with Gasteiger partial charge in [-0.3, -0.25) is 9.78 Å². The fraction of sp³-hybridized carbons (Fsp3) is 0.455. The van der Waals surface area contributed by atoms with Gasteiger partial charge in [0.25, 0.3) is 5.91 Å². The number of aromatic nitrogens is 1. The lowest BCUT2D eigenvalue weighted by Gasteiger charge is -2.36. The van der Waals surface area contributed by atoms with Gasteiger partial charge < -0.3 is 9.80 Å². The Morgan fingerprint density at radius 3 is 2.35 bits per heavy atom. The number of benzene rings is 1. The Bertz CT molecular complexity index is 757. The second-order valence-electron chi connectivity index (χ2n) is 7.53. The maximum absolute atomic E-state index is 12.8. The largest absolute Gasteiger partial charge is 0.339 e. The molecule has 2 aliphatic rings. The van der Waals surface area contributed by atoms with E-state index in [1.807, 2.05) is 47.6 Å². The number of amides is 1. The number of hydrogen-bond donors (Lipinski definition) is 0. The minimum atomic E-state index is 0.166. The van der Waals surface area contributed by atoms with Crippen molar-refractivity contribution in [1.82, 2.24) is 14.8 Å². The lowest BCUT2D eigenvalue weighted by atomic mass is 10.00. The molecule has 0 bridgehead atoms. The van der Waals surface area contributed by atoms with E-state index >= 15 is 0 Å². The molecule has 4 nitrogen and oxygen atoms in total. The molecule has 1 amide bonds. The highest BCUT2D eigenvalue weighted by Gasteiger charge is 2.28. The third-order valence-corrected chi connectivity index (χ3v) is 5.89. The lowest BCUT2D eigenvalue weighted by Crippen LogP contribution is -2.45. The summed E-state index contributed by atoms with van der Waals surface area (Å²) in [5.41, 5.74) is 4.22. The van der Waals surface area contributed by atoms with Crippen molar-refractivity contribution in [1.29, 1.82) is 0 Å². The summed E-state index contributed by atoms with van der Waals surface area (Å²) in [6.07, 6.45) is 8.58. The average molecular weight is 349 g/mol. The molecule has 2 aromatic rings. The molecule has 2 fully saturated rings. The molecule has 136 valence electrons. The Morgan fingerprint density at radius 2 is 1.69 bits per heavy atom. The van der Waals surface area contributed by atoms with Crippen LogP contribution < -0.4 is 0 Å².